The van der Waals surface area contributed by atoms with Crippen LogP contribution in [0, 0.1) is 13.8 Å². The van der Waals surface area contributed by atoms with Crippen molar-refractivity contribution in [2.45, 2.75) is 59.0 Å². The summed E-state index contributed by atoms with van der Waals surface area (Å²) in [5.41, 5.74) is 1.99. The van der Waals surface area contributed by atoms with Crippen LogP contribution in [0.4, 0.5) is 5.69 Å². The summed E-state index contributed by atoms with van der Waals surface area (Å²) in [6, 6.07) is 3.84. The molecule has 0 aliphatic heterocycles. The van der Waals surface area contributed by atoms with E-state index >= 15 is 0 Å². The van der Waals surface area contributed by atoms with Crippen LogP contribution in [0.15, 0.2) is 12.1 Å². The van der Waals surface area contributed by atoms with Crippen molar-refractivity contribution in [1.29, 1.82) is 0 Å². The van der Waals surface area contributed by atoms with Gasteiger partial charge >= 0.3 is 0 Å². The summed E-state index contributed by atoms with van der Waals surface area (Å²) in [6.07, 6.45) is 3.93. The van der Waals surface area contributed by atoms with Crippen LogP contribution in [0.2, 0.25) is 0 Å². The Morgan fingerprint density at radius 2 is 1.77 bits per heavy atom. The number of carbonyl (C=O) groups is 1. The topological polar surface area (TPSA) is 47.6 Å². The average Bonchev–Trinajstić information content (AvgIpc) is 2.47. The molecule has 0 fully saturated rings. The molecule has 0 saturated heterocycles. The molecule has 0 heterocycles. The van der Waals surface area contributed by atoms with Crippen LogP contribution in [0.5, 0.6) is 5.75 Å². The van der Waals surface area contributed by atoms with Crippen molar-refractivity contribution in [1.82, 2.24) is 0 Å². The third kappa shape index (κ3) is 4.47. The van der Waals surface area contributed by atoms with Crippen molar-refractivity contribution in [3.63, 3.8) is 0 Å². The van der Waals surface area contributed by atoms with Gasteiger partial charge in [0.1, 0.15) is 11.4 Å². The SMILES string of the molecule is CCCCC[C@](C)(OC)C(=O)Nc1cc(C)c(OC)c(C)c1. The minimum Gasteiger partial charge on any atom is -0.496 e. The number of nitrogens with one attached hydrogen (secondary N) is 1. The lowest BCUT2D eigenvalue weighted by molar-refractivity contribution is -0.136. The van der Waals surface area contributed by atoms with Gasteiger partial charge in [-0.1, -0.05) is 26.2 Å². The molecule has 1 rings (SSSR count). The quantitative estimate of drug-likeness (QED) is 0.731. The van der Waals surface area contributed by atoms with E-state index in [-0.39, 0.29) is 5.91 Å². The first-order valence-corrected chi connectivity index (χ1v) is 7.89. The van der Waals surface area contributed by atoms with E-state index in [2.05, 4.69) is 12.2 Å². The summed E-state index contributed by atoms with van der Waals surface area (Å²) in [4.78, 5) is 12.6. The van der Waals surface area contributed by atoms with Gasteiger partial charge in [-0.15, -0.1) is 0 Å². The van der Waals surface area contributed by atoms with Crippen molar-refractivity contribution in [3.05, 3.63) is 23.3 Å². The van der Waals surface area contributed by atoms with Gasteiger partial charge in [0.15, 0.2) is 0 Å². The monoisotopic (exact) mass is 307 g/mol. The second-order valence-corrected chi connectivity index (χ2v) is 5.99. The fraction of sp³-hybridized carbons (Fsp3) is 0.611. The summed E-state index contributed by atoms with van der Waals surface area (Å²) in [6.45, 7) is 7.94. The predicted molar refractivity (Wildman–Crippen MR) is 90.7 cm³/mol. The highest BCUT2D eigenvalue weighted by Crippen LogP contribution is 2.28. The number of ether oxygens (including phenoxy) is 2. The second-order valence-electron chi connectivity index (χ2n) is 5.99. The van der Waals surface area contributed by atoms with Crippen molar-refractivity contribution in [3.8, 4) is 5.75 Å². The number of aryl methyl sites for hydroxylation is 2. The number of carbonyl (C=O) groups excluding carboxylic acids is 1. The maximum atomic E-state index is 12.6. The highest BCUT2D eigenvalue weighted by Gasteiger charge is 2.32. The fourth-order valence-corrected chi connectivity index (χ4v) is 2.63. The summed E-state index contributed by atoms with van der Waals surface area (Å²) < 4.78 is 10.8. The zero-order valence-corrected chi connectivity index (χ0v) is 14.7. The molecule has 0 spiro atoms. The third-order valence-corrected chi connectivity index (χ3v) is 4.11. The number of benzene rings is 1. The van der Waals surface area contributed by atoms with Crippen molar-refractivity contribution in [2.24, 2.45) is 0 Å². The van der Waals surface area contributed by atoms with E-state index in [0.717, 1.165) is 48.2 Å². The second kappa shape index (κ2) is 8.18. The van der Waals surface area contributed by atoms with Gasteiger partial charge in [-0.25, -0.2) is 0 Å². The molecule has 0 aliphatic carbocycles. The molecule has 124 valence electrons. The van der Waals surface area contributed by atoms with Gasteiger partial charge in [0.05, 0.1) is 7.11 Å². The average molecular weight is 307 g/mol. The van der Waals surface area contributed by atoms with E-state index in [1.807, 2.05) is 32.9 Å². The van der Waals surface area contributed by atoms with Crippen molar-refractivity contribution >= 4 is 11.6 Å². The van der Waals surface area contributed by atoms with Crippen LogP contribution in [-0.4, -0.2) is 25.7 Å². The molecular formula is C18H29NO3. The minimum atomic E-state index is -0.795. The predicted octanol–water partition coefficient (Wildman–Crippen LogP) is 4.24. The van der Waals surface area contributed by atoms with E-state index < -0.39 is 5.60 Å². The number of hydrogen-bond donors (Lipinski definition) is 1. The molecule has 0 radical (unpaired) electrons. The summed E-state index contributed by atoms with van der Waals surface area (Å²) in [5.74, 6) is 0.755. The maximum absolute atomic E-state index is 12.6. The van der Waals surface area contributed by atoms with Crippen molar-refractivity contribution in [2.75, 3.05) is 19.5 Å². The van der Waals surface area contributed by atoms with Crippen LogP contribution in [0.25, 0.3) is 0 Å². The summed E-state index contributed by atoms with van der Waals surface area (Å²) in [5, 5.41) is 2.97. The van der Waals surface area contributed by atoms with E-state index in [0.29, 0.717) is 0 Å². The first-order valence-electron chi connectivity index (χ1n) is 7.89. The Morgan fingerprint density at radius 1 is 1.18 bits per heavy atom. The molecule has 1 atom stereocenters. The zero-order chi connectivity index (χ0) is 16.8. The molecule has 0 bridgehead atoms. The lowest BCUT2D eigenvalue weighted by Crippen LogP contribution is -2.42. The molecule has 4 nitrogen and oxygen atoms in total. The van der Waals surface area contributed by atoms with Gasteiger partial charge in [0.2, 0.25) is 0 Å². The lowest BCUT2D eigenvalue weighted by Gasteiger charge is -2.27. The van der Waals surface area contributed by atoms with Crippen LogP contribution >= 0.6 is 0 Å². The van der Waals surface area contributed by atoms with Crippen LogP contribution < -0.4 is 10.1 Å². The number of hydrogen-bond acceptors (Lipinski definition) is 3. The highest BCUT2D eigenvalue weighted by atomic mass is 16.5. The van der Waals surface area contributed by atoms with Gasteiger partial charge in [0, 0.05) is 12.8 Å². The first kappa shape index (κ1) is 18.5. The Balaban J connectivity index is 2.86. The number of anilines is 1. The molecule has 1 aromatic carbocycles. The van der Waals surface area contributed by atoms with Crippen molar-refractivity contribution < 1.29 is 14.3 Å². The van der Waals surface area contributed by atoms with E-state index in [9.17, 15) is 4.79 Å². The molecular weight excluding hydrogens is 278 g/mol. The molecule has 0 saturated carbocycles. The third-order valence-electron chi connectivity index (χ3n) is 4.11. The Kier molecular flexibility index (Phi) is 6.88. The molecule has 0 aromatic heterocycles. The van der Waals surface area contributed by atoms with Crippen LogP contribution in [0.1, 0.15) is 50.7 Å². The Bertz CT molecular complexity index is 490. The molecule has 1 N–H and O–H groups in total. The van der Waals surface area contributed by atoms with Gasteiger partial charge in [-0.3, -0.25) is 4.79 Å². The molecule has 0 unspecified atom stereocenters. The number of rotatable bonds is 8. The normalized spacial score (nSPS) is 13.5. The highest BCUT2D eigenvalue weighted by molar-refractivity contribution is 5.97. The number of amides is 1. The molecule has 4 heteroatoms. The molecule has 1 aromatic rings. The van der Waals surface area contributed by atoms with E-state index in [1.54, 1.807) is 14.2 Å². The molecule has 22 heavy (non-hydrogen) atoms. The number of unbranched alkanes of at least 4 members (excludes halogenated alkanes) is 2. The van der Waals surface area contributed by atoms with Gasteiger partial charge in [-0.05, 0) is 50.5 Å². The van der Waals surface area contributed by atoms with Gasteiger partial charge < -0.3 is 14.8 Å². The summed E-state index contributed by atoms with van der Waals surface area (Å²) in [7, 11) is 3.25. The lowest BCUT2D eigenvalue weighted by atomic mass is 9.96. The zero-order valence-electron chi connectivity index (χ0n) is 14.7. The molecule has 0 aliphatic rings. The Labute approximate surface area is 134 Å². The minimum absolute atomic E-state index is 0.102. The fourth-order valence-electron chi connectivity index (χ4n) is 2.63. The van der Waals surface area contributed by atoms with E-state index in [4.69, 9.17) is 9.47 Å². The standard InChI is InChI=1S/C18H29NO3/c1-7-8-9-10-18(4,22-6)17(20)19-15-11-13(2)16(21-5)14(3)12-15/h11-12H,7-10H2,1-6H3,(H,19,20)/t18-/m0/s1. The Hall–Kier alpha value is -1.55. The smallest absolute Gasteiger partial charge is 0.256 e. The number of methoxy groups -OCH3 is 2. The van der Waals surface area contributed by atoms with Gasteiger partial charge in [0.25, 0.3) is 5.91 Å². The molecule has 1 amide bonds. The maximum Gasteiger partial charge on any atom is 0.256 e. The Morgan fingerprint density at radius 3 is 2.23 bits per heavy atom. The first-order chi connectivity index (χ1) is 10.4. The van der Waals surface area contributed by atoms with Crippen LogP contribution in [-0.2, 0) is 9.53 Å². The van der Waals surface area contributed by atoms with Gasteiger partial charge in [-0.2, -0.15) is 0 Å². The largest absolute Gasteiger partial charge is 0.496 e. The summed E-state index contributed by atoms with van der Waals surface area (Å²) >= 11 is 0. The van der Waals surface area contributed by atoms with E-state index in [1.165, 1.54) is 0 Å². The van der Waals surface area contributed by atoms with Crippen LogP contribution in [0.3, 0.4) is 0 Å².